The van der Waals surface area contributed by atoms with Crippen LogP contribution in [0, 0.1) is 24.7 Å². The van der Waals surface area contributed by atoms with E-state index in [2.05, 4.69) is 36.7 Å². The Kier molecular flexibility index (Phi) is 10.1. The summed E-state index contributed by atoms with van der Waals surface area (Å²) in [5.41, 5.74) is 2.39. The molecule has 2 aliphatic carbocycles. The van der Waals surface area contributed by atoms with Crippen LogP contribution in [-0.2, 0) is 14.3 Å². The number of amides is 1. The van der Waals surface area contributed by atoms with E-state index in [1.807, 2.05) is 32.2 Å². The Morgan fingerprint density at radius 2 is 2.02 bits per heavy atom. The highest BCUT2D eigenvalue weighted by atomic mass is 32.1. The van der Waals surface area contributed by atoms with Crippen LogP contribution in [0.4, 0.5) is 0 Å². The fourth-order valence-electron chi connectivity index (χ4n) is 7.28. The van der Waals surface area contributed by atoms with E-state index in [4.69, 9.17) is 24.2 Å². The Morgan fingerprint density at radius 3 is 2.75 bits per heavy atom. The first-order valence-electron chi connectivity index (χ1n) is 17.2. The highest BCUT2D eigenvalue weighted by molar-refractivity contribution is 7.13. The number of hydrogen-bond acceptors (Lipinski definition) is 10. The molecule has 11 heteroatoms. The summed E-state index contributed by atoms with van der Waals surface area (Å²) < 4.78 is 17.9. The van der Waals surface area contributed by atoms with E-state index >= 15 is 0 Å². The van der Waals surface area contributed by atoms with Crippen molar-refractivity contribution in [2.75, 3.05) is 27.3 Å². The van der Waals surface area contributed by atoms with Crippen LogP contribution in [-0.4, -0.2) is 77.0 Å². The van der Waals surface area contributed by atoms with Crippen LogP contribution in [0.3, 0.4) is 0 Å². The lowest BCUT2D eigenvalue weighted by Crippen LogP contribution is -2.52. The van der Waals surface area contributed by atoms with Gasteiger partial charge in [-0.2, -0.15) is 0 Å². The number of benzene rings is 1. The zero-order valence-corrected chi connectivity index (χ0v) is 29.6. The summed E-state index contributed by atoms with van der Waals surface area (Å²) >= 11 is 1.55. The third-order valence-corrected chi connectivity index (χ3v) is 11.1. The minimum Gasteiger partial charge on any atom is -0.496 e. The first-order valence-corrected chi connectivity index (χ1v) is 18.1. The van der Waals surface area contributed by atoms with Gasteiger partial charge in [0.15, 0.2) is 0 Å². The minimum absolute atomic E-state index is 0.0121. The number of thiazole rings is 1. The smallest absolute Gasteiger partial charge is 0.327 e. The molecule has 1 aliphatic heterocycles. The second-order valence-electron chi connectivity index (χ2n) is 13.8. The summed E-state index contributed by atoms with van der Waals surface area (Å²) in [4.78, 5) is 38.8. The van der Waals surface area contributed by atoms with Crippen molar-refractivity contribution in [1.82, 2.24) is 20.2 Å². The number of aliphatic hydroxyl groups is 1. The van der Waals surface area contributed by atoms with Gasteiger partial charge in [0.05, 0.1) is 31.0 Å². The summed E-state index contributed by atoms with van der Waals surface area (Å²) in [6.07, 6.45) is 6.83. The number of nitrogens with one attached hydrogen (secondary N) is 1. The first-order chi connectivity index (χ1) is 23.1. The molecule has 6 atom stereocenters. The van der Waals surface area contributed by atoms with Crippen molar-refractivity contribution in [3.8, 4) is 22.2 Å². The lowest BCUT2D eigenvalue weighted by molar-refractivity contribution is -0.149. The molecule has 0 radical (unpaired) electrons. The van der Waals surface area contributed by atoms with Crippen LogP contribution in [0.15, 0.2) is 35.7 Å². The predicted octanol–water partition coefficient (Wildman–Crippen LogP) is 6.00. The molecule has 10 nitrogen and oxygen atoms in total. The Balaban J connectivity index is 1.34. The number of nitrogens with zero attached hydrogens (tertiary/aromatic N) is 3. The van der Waals surface area contributed by atoms with Crippen molar-refractivity contribution < 1.29 is 28.9 Å². The Morgan fingerprint density at radius 1 is 1.21 bits per heavy atom. The van der Waals surface area contributed by atoms with Crippen LogP contribution in [0.2, 0.25) is 0 Å². The predicted molar refractivity (Wildman–Crippen MR) is 186 cm³/mol. The molecule has 6 unspecified atom stereocenters. The molecule has 2 fully saturated rings. The highest BCUT2D eigenvalue weighted by Gasteiger charge is 2.62. The van der Waals surface area contributed by atoms with E-state index in [1.165, 1.54) is 0 Å². The van der Waals surface area contributed by atoms with Crippen molar-refractivity contribution in [1.29, 1.82) is 0 Å². The fraction of sp³-hybridized carbons (Fsp3) is 0.568. The third-order valence-electron chi connectivity index (χ3n) is 10.2. The molecule has 3 aliphatic rings. The van der Waals surface area contributed by atoms with Gasteiger partial charge in [-0.05, 0) is 70.4 Å². The number of rotatable bonds is 7. The molecule has 2 aromatic heterocycles. The molecule has 0 bridgehead atoms. The van der Waals surface area contributed by atoms with E-state index < -0.39 is 23.6 Å². The number of aromatic nitrogens is 2. The average molecular weight is 677 g/mol. The molecule has 0 spiro atoms. The maximum absolute atomic E-state index is 14.0. The van der Waals surface area contributed by atoms with Gasteiger partial charge in [-0.15, -0.1) is 11.3 Å². The maximum Gasteiger partial charge on any atom is 0.327 e. The number of fused-ring (bicyclic) bond motifs is 3. The van der Waals surface area contributed by atoms with Gasteiger partial charge in [-0.25, -0.2) is 9.97 Å². The standard InChI is InChI=1S/C37H48N4O6S/c1-7-46-36(44)37-19-23(37)12-10-8-9-11-15-41(5)35(43)27-17-24(16-26(27)33(42)40-37)47-31-18-28(34-39-29(20-48-34)21(2)3)38-32-22(4)30(45-6)14-13-25(31)32/h10,12-14,18,20-21,23-24,26-27,33,40,42H,7-9,11,15-17,19H2,1-6H3. The fourth-order valence-corrected chi connectivity index (χ4v) is 8.22. The highest BCUT2D eigenvalue weighted by Crippen LogP contribution is 2.48. The van der Waals surface area contributed by atoms with Gasteiger partial charge in [-0.3, -0.25) is 14.9 Å². The van der Waals surface area contributed by atoms with Gasteiger partial charge in [0.25, 0.3) is 0 Å². The monoisotopic (exact) mass is 676 g/mol. The Bertz CT molecular complexity index is 1690. The molecule has 2 saturated carbocycles. The Hall–Kier alpha value is -3.54. The van der Waals surface area contributed by atoms with Gasteiger partial charge in [-0.1, -0.05) is 26.0 Å². The average Bonchev–Trinajstić information content (AvgIpc) is 3.37. The number of methoxy groups -OCH3 is 1. The summed E-state index contributed by atoms with van der Waals surface area (Å²) in [7, 11) is 3.48. The summed E-state index contributed by atoms with van der Waals surface area (Å²) in [5.74, 6) is 0.281. The van der Waals surface area contributed by atoms with Crippen LogP contribution in [0.1, 0.15) is 76.5 Å². The first kappa shape index (κ1) is 34.3. The van der Waals surface area contributed by atoms with E-state index in [0.29, 0.717) is 43.2 Å². The minimum atomic E-state index is -1.10. The number of hydrogen-bond donors (Lipinski definition) is 2. The van der Waals surface area contributed by atoms with Gasteiger partial charge in [0.1, 0.15) is 34.0 Å². The molecule has 0 saturated heterocycles. The van der Waals surface area contributed by atoms with Gasteiger partial charge in [0.2, 0.25) is 5.91 Å². The molecule has 258 valence electrons. The zero-order chi connectivity index (χ0) is 34.2. The number of carbonyl (C=O) groups excluding carboxylic acids is 2. The lowest BCUT2D eigenvalue weighted by atomic mass is 9.92. The van der Waals surface area contributed by atoms with Crippen molar-refractivity contribution in [3.05, 3.63) is 47.0 Å². The number of aryl methyl sites for hydroxylation is 1. The Labute approximate surface area is 286 Å². The van der Waals surface area contributed by atoms with E-state index in [9.17, 15) is 14.7 Å². The largest absolute Gasteiger partial charge is 0.496 e. The van der Waals surface area contributed by atoms with Crippen LogP contribution < -0.4 is 14.8 Å². The van der Waals surface area contributed by atoms with Crippen molar-refractivity contribution in [3.63, 3.8) is 0 Å². The van der Waals surface area contributed by atoms with Crippen molar-refractivity contribution in [2.45, 2.75) is 90.0 Å². The number of allylic oxidation sites excluding steroid dienone is 1. The third kappa shape index (κ3) is 6.69. The second-order valence-corrected chi connectivity index (χ2v) is 14.6. The van der Waals surface area contributed by atoms with Crippen molar-refractivity contribution >= 4 is 34.1 Å². The molecule has 1 amide bonds. The molecule has 6 rings (SSSR count). The number of pyridine rings is 1. The number of carbonyl (C=O) groups is 2. The van der Waals surface area contributed by atoms with E-state index in [-0.39, 0.29) is 30.5 Å². The molecule has 3 heterocycles. The van der Waals surface area contributed by atoms with Crippen LogP contribution in [0.25, 0.3) is 21.6 Å². The van der Waals surface area contributed by atoms with E-state index in [0.717, 1.165) is 52.2 Å². The van der Waals surface area contributed by atoms with Gasteiger partial charge in [0, 0.05) is 53.7 Å². The maximum atomic E-state index is 14.0. The molecule has 48 heavy (non-hydrogen) atoms. The molecule has 3 aromatic rings. The molecule has 2 N–H and O–H groups in total. The molecular formula is C37H48N4O6S. The quantitative estimate of drug-likeness (QED) is 0.229. The summed E-state index contributed by atoms with van der Waals surface area (Å²) in [6.45, 7) is 8.91. The molecular weight excluding hydrogens is 628 g/mol. The zero-order valence-electron chi connectivity index (χ0n) is 28.8. The number of esters is 1. The van der Waals surface area contributed by atoms with Crippen LogP contribution >= 0.6 is 11.3 Å². The van der Waals surface area contributed by atoms with E-state index in [1.54, 1.807) is 30.3 Å². The normalized spacial score (nSPS) is 27.8. The summed E-state index contributed by atoms with van der Waals surface area (Å²) in [6, 6.07) is 5.81. The van der Waals surface area contributed by atoms with Gasteiger partial charge >= 0.3 is 5.97 Å². The molecule has 1 aromatic carbocycles. The number of ether oxygens (including phenoxy) is 3. The number of aliphatic hydroxyl groups excluding tert-OH is 1. The second kappa shape index (κ2) is 14.1. The summed E-state index contributed by atoms with van der Waals surface area (Å²) in [5, 5.41) is 18.7. The lowest BCUT2D eigenvalue weighted by Gasteiger charge is -2.30. The topological polar surface area (TPSA) is 123 Å². The SMILES string of the molecule is CCOC(=O)C12CC1C=CCCCCN(C)C(=O)C1CC(Oc3cc(-c4nc(C(C)C)cs4)nc4c(C)c(OC)ccc34)CC1C(O)N2. The van der Waals surface area contributed by atoms with Crippen molar-refractivity contribution in [2.24, 2.45) is 17.8 Å². The van der Waals surface area contributed by atoms with Gasteiger partial charge < -0.3 is 24.2 Å². The van der Waals surface area contributed by atoms with Crippen LogP contribution in [0.5, 0.6) is 11.5 Å².